The normalized spacial score (nSPS) is 15.1. The molecule has 3 aromatic rings. The highest BCUT2D eigenvalue weighted by Crippen LogP contribution is 2.41. The minimum Gasteiger partial charge on any atom is -0.459 e. The fourth-order valence-corrected chi connectivity index (χ4v) is 4.75. The molecule has 0 saturated carbocycles. The first-order valence-corrected chi connectivity index (χ1v) is 12.6. The summed E-state index contributed by atoms with van der Waals surface area (Å²) in [6, 6.07) is 5.02. The van der Waals surface area contributed by atoms with Gasteiger partial charge in [-0.2, -0.15) is 23.1 Å². The van der Waals surface area contributed by atoms with E-state index in [9.17, 15) is 18.0 Å². The number of ether oxygens (including phenoxy) is 1. The molecule has 0 radical (unpaired) electrons. The molecular formula is C26H29ClF3N7O2. The summed E-state index contributed by atoms with van der Waals surface area (Å²) in [5, 5.41) is 0.559. The van der Waals surface area contributed by atoms with E-state index in [-0.39, 0.29) is 34.4 Å². The number of alkyl halides is 3. The van der Waals surface area contributed by atoms with Crippen LogP contribution in [0.1, 0.15) is 12.5 Å². The van der Waals surface area contributed by atoms with Gasteiger partial charge in [0, 0.05) is 43.7 Å². The van der Waals surface area contributed by atoms with Gasteiger partial charge in [-0.25, -0.2) is 4.98 Å². The monoisotopic (exact) mass is 563 g/mol. The number of nitrogen functional groups attached to an aromatic ring is 1. The minimum atomic E-state index is -4.68. The summed E-state index contributed by atoms with van der Waals surface area (Å²) < 4.78 is 47.5. The van der Waals surface area contributed by atoms with E-state index in [0.717, 1.165) is 12.1 Å². The van der Waals surface area contributed by atoms with Crippen molar-refractivity contribution in [2.24, 2.45) is 0 Å². The number of halogens is 4. The molecule has 9 nitrogen and oxygen atoms in total. The van der Waals surface area contributed by atoms with Crippen LogP contribution < -0.4 is 15.4 Å². The van der Waals surface area contributed by atoms with Crippen LogP contribution in [0.5, 0.6) is 6.01 Å². The van der Waals surface area contributed by atoms with E-state index in [1.165, 1.54) is 18.2 Å². The zero-order valence-electron chi connectivity index (χ0n) is 21.8. The highest BCUT2D eigenvalue weighted by molar-refractivity contribution is 6.34. The molecule has 2 N–H and O–H groups in total. The number of hydrogen-bond donors (Lipinski definition) is 1. The van der Waals surface area contributed by atoms with E-state index in [0.29, 0.717) is 49.4 Å². The fraction of sp³-hybridized carbons (Fsp3) is 0.385. The first-order valence-electron chi connectivity index (χ1n) is 12.2. The van der Waals surface area contributed by atoms with Gasteiger partial charge in [-0.15, -0.1) is 0 Å². The summed E-state index contributed by atoms with van der Waals surface area (Å²) in [5.74, 6) is 0.264. The Balaban J connectivity index is 1.84. The Labute approximate surface area is 229 Å². The van der Waals surface area contributed by atoms with Crippen molar-refractivity contribution < 1.29 is 22.7 Å². The second-order valence-corrected chi connectivity index (χ2v) is 9.92. The Morgan fingerprint density at radius 2 is 1.90 bits per heavy atom. The molecule has 1 saturated heterocycles. The van der Waals surface area contributed by atoms with Crippen molar-refractivity contribution in [2.45, 2.75) is 19.2 Å². The molecule has 1 aromatic carbocycles. The molecule has 39 heavy (non-hydrogen) atoms. The molecule has 13 heteroatoms. The standard InChI is InChI=1S/C26H29ClF3N7O2/c1-5-22(38)36-8-10-37(11-9-36)24-17-12-19(27)16(23-18(26(28,29)30)6-7-21(31)33-23)13-20(17)32-25(34-24)39-15(2)14-35(3)4/h5-7,12-13,15H,1,8-11,14H2,2-4H3,(H2,31,33)/t15-/m1/s1. The van der Waals surface area contributed by atoms with Gasteiger partial charge in [0.15, 0.2) is 0 Å². The summed E-state index contributed by atoms with van der Waals surface area (Å²) in [6.07, 6.45) is -3.68. The number of anilines is 2. The Bertz CT molecular complexity index is 1390. The van der Waals surface area contributed by atoms with Crippen LogP contribution in [0.25, 0.3) is 22.2 Å². The highest BCUT2D eigenvalue weighted by atomic mass is 35.5. The number of aromatic nitrogens is 3. The lowest BCUT2D eigenvalue weighted by Crippen LogP contribution is -2.48. The van der Waals surface area contributed by atoms with Gasteiger partial charge >= 0.3 is 12.2 Å². The topological polar surface area (TPSA) is 101 Å². The Morgan fingerprint density at radius 1 is 1.21 bits per heavy atom. The third kappa shape index (κ3) is 6.34. The van der Waals surface area contributed by atoms with E-state index in [4.69, 9.17) is 22.1 Å². The van der Waals surface area contributed by atoms with Crippen LogP contribution >= 0.6 is 11.6 Å². The summed E-state index contributed by atoms with van der Waals surface area (Å²) in [5.41, 5.74) is 4.74. The molecular weight excluding hydrogens is 535 g/mol. The number of carbonyl (C=O) groups is 1. The van der Waals surface area contributed by atoms with E-state index in [2.05, 4.69) is 21.5 Å². The number of carbonyl (C=O) groups excluding carboxylic acids is 1. The first kappa shape index (κ1) is 28.4. The molecule has 1 aliphatic heterocycles. The lowest BCUT2D eigenvalue weighted by atomic mass is 10.0. The third-order valence-corrected chi connectivity index (χ3v) is 6.53. The van der Waals surface area contributed by atoms with E-state index in [1.807, 2.05) is 30.8 Å². The van der Waals surface area contributed by atoms with E-state index in [1.54, 1.807) is 4.90 Å². The van der Waals surface area contributed by atoms with Crippen LogP contribution in [0, 0.1) is 0 Å². The number of likely N-dealkylation sites (N-methyl/N-ethyl adjacent to an activating group) is 1. The van der Waals surface area contributed by atoms with Crippen molar-refractivity contribution in [3.63, 3.8) is 0 Å². The van der Waals surface area contributed by atoms with Crippen LogP contribution in [0.2, 0.25) is 5.02 Å². The van der Waals surface area contributed by atoms with Gasteiger partial charge in [0.2, 0.25) is 5.91 Å². The number of nitrogens with two attached hydrogens (primary N) is 1. The summed E-state index contributed by atoms with van der Waals surface area (Å²) >= 11 is 6.57. The predicted octanol–water partition coefficient (Wildman–Crippen LogP) is 4.11. The van der Waals surface area contributed by atoms with Gasteiger partial charge in [0.1, 0.15) is 17.7 Å². The second-order valence-electron chi connectivity index (χ2n) is 9.52. The summed E-state index contributed by atoms with van der Waals surface area (Å²) in [7, 11) is 3.81. The van der Waals surface area contributed by atoms with Gasteiger partial charge < -0.3 is 25.2 Å². The van der Waals surface area contributed by atoms with Gasteiger partial charge in [0.25, 0.3) is 0 Å². The molecule has 4 rings (SSSR count). The quantitative estimate of drug-likeness (QED) is 0.429. The van der Waals surface area contributed by atoms with E-state index >= 15 is 0 Å². The molecule has 0 bridgehead atoms. The summed E-state index contributed by atoms with van der Waals surface area (Å²) in [4.78, 5) is 30.8. The zero-order chi connectivity index (χ0) is 28.5. The van der Waals surface area contributed by atoms with Crippen LogP contribution in [0.15, 0.2) is 36.9 Å². The van der Waals surface area contributed by atoms with Crippen molar-refractivity contribution in [1.29, 1.82) is 0 Å². The predicted molar refractivity (Wildman–Crippen MR) is 145 cm³/mol. The molecule has 3 heterocycles. The molecule has 208 valence electrons. The number of piperazine rings is 1. The lowest BCUT2D eigenvalue weighted by Gasteiger charge is -2.35. The molecule has 1 atom stereocenters. The lowest BCUT2D eigenvalue weighted by molar-refractivity contribution is -0.137. The fourth-order valence-electron chi connectivity index (χ4n) is 4.49. The molecule has 1 amide bonds. The average Bonchev–Trinajstić information content (AvgIpc) is 2.86. The number of benzene rings is 1. The van der Waals surface area contributed by atoms with Gasteiger partial charge in [-0.05, 0) is 51.4 Å². The molecule has 1 aliphatic rings. The maximum atomic E-state index is 13.8. The van der Waals surface area contributed by atoms with E-state index < -0.39 is 17.4 Å². The number of hydrogen-bond acceptors (Lipinski definition) is 8. The summed E-state index contributed by atoms with van der Waals surface area (Å²) in [6.45, 7) is 7.81. The number of fused-ring (bicyclic) bond motifs is 1. The zero-order valence-corrected chi connectivity index (χ0v) is 22.6. The maximum absolute atomic E-state index is 13.8. The van der Waals surface area contributed by atoms with Crippen molar-refractivity contribution in [3.8, 4) is 17.3 Å². The number of rotatable bonds is 7. The largest absolute Gasteiger partial charge is 0.459 e. The molecule has 0 spiro atoms. The van der Waals surface area contributed by atoms with Crippen molar-refractivity contribution in [2.75, 3.05) is 57.5 Å². The van der Waals surface area contributed by atoms with Crippen molar-refractivity contribution in [1.82, 2.24) is 24.8 Å². The third-order valence-electron chi connectivity index (χ3n) is 6.22. The average molecular weight is 564 g/mol. The van der Waals surface area contributed by atoms with Gasteiger partial charge in [-0.1, -0.05) is 18.2 Å². The number of nitrogens with zero attached hydrogens (tertiary/aromatic N) is 6. The Hall–Kier alpha value is -3.64. The van der Waals surface area contributed by atoms with Crippen LogP contribution in [0.3, 0.4) is 0 Å². The van der Waals surface area contributed by atoms with Crippen LogP contribution in [-0.4, -0.2) is 83.6 Å². The molecule has 2 aromatic heterocycles. The second kappa shape index (κ2) is 11.2. The van der Waals surface area contributed by atoms with Gasteiger partial charge in [-0.3, -0.25) is 4.79 Å². The first-order chi connectivity index (χ1) is 18.4. The van der Waals surface area contributed by atoms with Crippen LogP contribution in [-0.2, 0) is 11.0 Å². The van der Waals surface area contributed by atoms with Gasteiger partial charge in [0.05, 0.1) is 21.8 Å². The Morgan fingerprint density at radius 3 is 2.51 bits per heavy atom. The molecule has 0 aliphatic carbocycles. The number of pyridine rings is 1. The Kier molecular flexibility index (Phi) is 8.17. The molecule has 1 fully saturated rings. The minimum absolute atomic E-state index is 0.0298. The SMILES string of the molecule is C=CC(=O)N1CCN(c2nc(O[C@H](C)CN(C)C)nc3cc(-c4nc(N)ccc4C(F)(F)F)c(Cl)cc23)CC1. The smallest absolute Gasteiger partial charge is 0.418 e. The molecule has 0 unspecified atom stereocenters. The number of amides is 1. The highest BCUT2D eigenvalue weighted by Gasteiger charge is 2.35. The van der Waals surface area contributed by atoms with Crippen LogP contribution in [0.4, 0.5) is 24.8 Å². The van der Waals surface area contributed by atoms with Crippen molar-refractivity contribution >= 4 is 40.0 Å². The maximum Gasteiger partial charge on any atom is 0.418 e. The van der Waals surface area contributed by atoms with Crippen molar-refractivity contribution in [3.05, 3.63) is 47.5 Å².